The van der Waals surface area contributed by atoms with Crippen LogP contribution < -0.4 is 5.32 Å². The highest BCUT2D eigenvalue weighted by Crippen LogP contribution is 2.23. The zero-order chi connectivity index (χ0) is 16.1. The lowest BCUT2D eigenvalue weighted by atomic mass is 10.1. The van der Waals surface area contributed by atoms with Gasteiger partial charge in [-0.3, -0.25) is 4.79 Å². The topological polar surface area (TPSA) is 74.0 Å². The van der Waals surface area contributed by atoms with Crippen molar-refractivity contribution in [3.8, 4) is 5.75 Å². The van der Waals surface area contributed by atoms with Gasteiger partial charge in [-0.1, -0.05) is 54.2 Å². The van der Waals surface area contributed by atoms with E-state index in [0.717, 1.165) is 5.56 Å². The Morgan fingerprint density at radius 3 is 2.65 bits per heavy atom. The zero-order valence-corrected chi connectivity index (χ0v) is 13.0. The number of carbonyl (C=O) groups excluding carboxylic acids is 1. The van der Waals surface area contributed by atoms with Gasteiger partial charge in [-0.15, -0.1) is 5.10 Å². The molecule has 6 heteroatoms. The first-order chi connectivity index (χ1) is 11.2. The van der Waals surface area contributed by atoms with Crippen molar-refractivity contribution in [3.05, 3.63) is 65.7 Å². The van der Waals surface area contributed by atoms with Crippen LogP contribution in [-0.4, -0.2) is 27.6 Å². The molecule has 23 heavy (non-hydrogen) atoms. The summed E-state index contributed by atoms with van der Waals surface area (Å²) in [5.41, 5.74) is 1.69. The Morgan fingerprint density at radius 2 is 1.87 bits per heavy atom. The van der Waals surface area contributed by atoms with E-state index >= 15 is 0 Å². The Hall–Kier alpha value is -2.60. The highest BCUT2D eigenvalue weighted by Gasteiger charge is 2.30. The monoisotopic (exact) mass is 325 g/mol. The number of benzene rings is 2. The van der Waals surface area contributed by atoms with Gasteiger partial charge in [0.2, 0.25) is 5.91 Å². The molecular formula is C17H15N3O2S. The average molecular weight is 325 g/mol. The summed E-state index contributed by atoms with van der Waals surface area (Å²) in [5.74, 6) is 0.0804. The number of nitrogens with one attached hydrogen (secondary N) is 1. The number of para-hydroxylation sites is 1. The Bertz CT molecular complexity index is 759. The van der Waals surface area contributed by atoms with Crippen molar-refractivity contribution < 1.29 is 9.90 Å². The molecule has 2 aromatic carbocycles. The lowest BCUT2D eigenvalue weighted by molar-refractivity contribution is -0.118. The van der Waals surface area contributed by atoms with Crippen LogP contribution in [0.15, 0.2) is 64.8 Å². The normalized spacial score (nSPS) is 19.4. The standard InChI is InChI=1S/C17H15N3O2S/c21-14-9-5-4-8-13(14)11-18-20-17-19-16(22)15(23-17)10-12-6-2-1-3-7-12/h1-9,11,15,21H,10H2,(H,19,20,22)/t15-/m1/s1. The smallest absolute Gasteiger partial charge is 0.239 e. The molecular weight excluding hydrogens is 310 g/mol. The van der Waals surface area contributed by atoms with Crippen LogP contribution in [0.4, 0.5) is 0 Å². The molecule has 0 aromatic heterocycles. The number of aromatic hydroxyl groups is 1. The van der Waals surface area contributed by atoms with Gasteiger partial charge >= 0.3 is 0 Å². The van der Waals surface area contributed by atoms with Gasteiger partial charge in [-0.2, -0.15) is 5.10 Å². The van der Waals surface area contributed by atoms with Gasteiger partial charge in [0.1, 0.15) is 5.75 Å². The van der Waals surface area contributed by atoms with E-state index in [1.54, 1.807) is 24.3 Å². The van der Waals surface area contributed by atoms with E-state index in [4.69, 9.17) is 0 Å². The zero-order valence-electron chi connectivity index (χ0n) is 12.2. The van der Waals surface area contributed by atoms with E-state index in [0.29, 0.717) is 17.2 Å². The lowest BCUT2D eigenvalue weighted by Crippen LogP contribution is -2.25. The molecule has 1 saturated heterocycles. The van der Waals surface area contributed by atoms with Crippen molar-refractivity contribution in [1.29, 1.82) is 0 Å². The second-order valence-corrected chi connectivity index (χ2v) is 6.19. The quantitative estimate of drug-likeness (QED) is 0.670. The maximum absolute atomic E-state index is 12.0. The first-order valence-electron chi connectivity index (χ1n) is 7.13. The molecule has 0 aliphatic carbocycles. The fourth-order valence-electron chi connectivity index (χ4n) is 2.15. The SMILES string of the molecule is O=C1NC(=NN=Cc2ccccc2O)S[C@@H]1Cc1ccccc1. The molecule has 5 nitrogen and oxygen atoms in total. The number of hydrogen-bond donors (Lipinski definition) is 2. The van der Waals surface area contributed by atoms with Crippen LogP contribution in [0.3, 0.4) is 0 Å². The van der Waals surface area contributed by atoms with Gasteiger partial charge in [-0.25, -0.2) is 0 Å². The number of thioether (sulfide) groups is 1. The first kappa shape index (κ1) is 15.3. The summed E-state index contributed by atoms with van der Waals surface area (Å²) < 4.78 is 0. The molecule has 2 aromatic rings. The molecule has 1 fully saturated rings. The molecule has 3 rings (SSSR count). The van der Waals surface area contributed by atoms with Gasteiger partial charge in [-0.05, 0) is 24.1 Å². The van der Waals surface area contributed by atoms with Crippen LogP contribution in [0.2, 0.25) is 0 Å². The minimum Gasteiger partial charge on any atom is -0.507 e. The predicted molar refractivity (Wildman–Crippen MR) is 92.8 cm³/mol. The number of phenols is 1. The van der Waals surface area contributed by atoms with Gasteiger partial charge in [0.05, 0.1) is 11.5 Å². The Balaban J connectivity index is 1.64. The fraction of sp³-hybridized carbons (Fsp3) is 0.118. The summed E-state index contributed by atoms with van der Waals surface area (Å²) in [6, 6.07) is 16.7. The average Bonchev–Trinajstić information content (AvgIpc) is 2.90. The highest BCUT2D eigenvalue weighted by molar-refractivity contribution is 8.15. The molecule has 1 amide bonds. The Kier molecular flexibility index (Phi) is 4.73. The molecule has 0 bridgehead atoms. The molecule has 1 heterocycles. The second-order valence-electron chi connectivity index (χ2n) is 4.99. The third kappa shape index (κ3) is 3.98. The summed E-state index contributed by atoms with van der Waals surface area (Å²) in [6.45, 7) is 0. The van der Waals surface area contributed by atoms with Gasteiger partial charge in [0.25, 0.3) is 0 Å². The van der Waals surface area contributed by atoms with Gasteiger partial charge < -0.3 is 10.4 Å². The minimum absolute atomic E-state index is 0.0599. The first-order valence-corrected chi connectivity index (χ1v) is 8.01. The fourth-order valence-corrected chi connectivity index (χ4v) is 3.12. The molecule has 0 radical (unpaired) electrons. The number of hydrogen-bond acceptors (Lipinski definition) is 5. The van der Waals surface area contributed by atoms with E-state index in [1.165, 1.54) is 18.0 Å². The number of amides is 1. The molecule has 1 aliphatic heterocycles. The van der Waals surface area contributed by atoms with Crippen LogP contribution >= 0.6 is 11.8 Å². The molecule has 1 atom stereocenters. The Labute approximate surface area is 138 Å². The van der Waals surface area contributed by atoms with Crippen LogP contribution in [-0.2, 0) is 11.2 Å². The van der Waals surface area contributed by atoms with Crippen LogP contribution in [0, 0.1) is 0 Å². The van der Waals surface area contributed by atoms with Crippen molar-refractivity contribution in [2.24, 2.45) is 10.2 Å². The van der Waals surface area contributed by atoms with Crippen molar-refractivity contribution >= 4 is 29.1 Å². The maximum atomic E-state index is 12.0. The molecule has 0 unspecified atom stereocenters. The summed E-state index contributed by atoms with van der Waals surface area (Å²) in [4.78, 5) is 12.0. The van der Waals surface area contributed by atoms with Crippen LogP contribution in [0.1, 0.15) is 11.1 Å². The lowest BCUT2D eigenvalue weighted by Gasteiger charge is -2.04. The van der Waals surface area contributed by atoms with Gasteiger partial charge in [0, 0.05) is 5.56 Å². The molecule has 0 spiro atoms. The molecule has 116 valence electrons. The summed E-state index contributed by atoms with van der Waals surface area (Å²) in [6.07, 6.45) is 2.11. The molecule has 1 aliphatic rings. The van der Waals surface area contributed by atoms with Crippen molar-refractivity contribution in [3.63, 3.8) is 0 Å². The largest absolute Gasteiger partial charge is 0.507 e. The van der Waals surface area contributed by atoms with E-state index < -0.39 is 0 Å². The maximum Gasteiger partial charge on any atom is 0.239 e. The van der Waals surface area contributed by atoms with Crippen LogP contribution in [0.5, 0.6) is 5.75 Å². The summed E-state index contributed by atoms with van der Waals surface area (Å²) in [5, 5.41) is 20.6. The van der Waals surface area contributed by atoms with E-state index in [2.05, 4.69) is 15.5 Å². The number of carbonyl (C=O) groups is 1. The second kappa shape index (κ2) is 7.11. The van der Waals surface area contributed by atoms with E-state index in [9.17, 15) is 9.90 Å². The minimum atomic E-state index is -0.198. The third-order valence-electron chi connectivity index (χ3n) is 3.32. The van der Waals surface area contributed by atoms with Crippen LogP contribution in [0.25, 0.3) is 0 Å². The van der Waals surface area contributed by atoms with Crippen molar-refractivity contribution in [2.45, 2.75) is 11.7 Å². The predicted octanol–water partition coefficient (Wildman–Crippen LogP) is 2.56. The number of amidine groups is 1. The van der Waals surface area contributed by atoms with Crippen molar-refractivity contribution in [1.82, 2.24) is 5.32 Å². The number of phenolic OH excluding ortho intramolecular Hbond substituents is 1. The van der Waals surface area contributed by atoms with E-state index in [-0.39, 0.29) is 16.9 Å². The Morgan fingerprint density at radius 1 is 1.13 bits per heavy atom. The summed E-state index contributed by atoms with van der Waals surface area (Å²) in [7, 11) is 0. The summed E-state index contributed by atoms with van der Waals surface area (Å²) >= 11 is 1.37. The van der Waals surface area contributed by atoms with E-state index in [1.807, 2.05) is 30.3 Å². The number of rotatable bonds is 4. The molecule has 0 saturated carbocycles. The number of nitrogens with zero attached hydrogens (tertiary/aromatic N) is 2. The molecule has 2 N–H and O–H groups in total. The van der Waals surface area contributed by atoms with Gasteiger partial charge in [0.15, 0.2) is 5.17 Å². The van der Waals surface area contributed by atoms with Crippen molar-refractivity contribution in [2.75, 3.05) is 0 Å². The highest BCUT2D eigenvalue weighted by atomic mass is 32.2. The third-order valence-corrected chi connectivity index (χ3v) is 4.39.